The SMILES string of the molecule is N#CC1=CC2Sc3cc(-c4ccccc4-n4c5ccccc5c5ccccc54)ccc3C2C=C1. The van der Waals surface area contributed by atoms with Gasteiger partial charge in [-0.25, -0.2) is 0 Å². The topological polar surface area (TPSA) is 28.7 Å². The van der Waals surface area contributed by atoms with Crippen molar-refractivity contribution in [3.05, 3.63) is 120 Å². The standard InChI is InChI=1S/C31H20N2S/c32-19-20-13-15-25-26-16-14-21(18-31(26)34-30(25)17-20)22-7-1-4-10-27(22)33-28-11-5-2-8-23(28)24-9-3-6-12-29(24)33/h1-18,25,30H. The van der Waals surface area contributed by atoms with Crippen LogP contribution in [-0.4, -0.2) is 9.82 Å². The van der Waals surface area contributed by atoms with E-state index in [9.17, 15) is 5.26 Å². The van der Waals surface area contributed by atoms with Crippen LogP contribution in [0.25, 0.3) is 38.6 Å². The lowest BCUT2D eigenvalue weighted by Gasteiger charge is -2.16. The van der Waals surface area contributed by atoms with Crippen LogP contribution in [0, 0.1) is 11.3 Å². The first-order valence-electron chi connectivity index (χ1n) is 11.5. The van der Waals surface area contributed by atoms with Crippen LogP contribution in [0.1, 0.15) is 11.5 Å². The quantitative estimate of drug-likeness (QED) is 0.271. The van der Waals surface area contributed by atoms with Gasteiger partial charge in [0.05, 0.1) is 22.8 Å². The van der Waals surface area contributed by atoms with Gasteiger partial charge in [-0.1, -0.05) is 78.9 Å². The third-order valence-corrected chi connectivity index (χ3v) is 8.29. The van der Waals surface area contributed by atoms with Gasteiger partial charge in [0.15, 0.2) is 0 Å². The highest BCUT2D eigenvalue weighted by Gasteiger charge is 2.32. The Morgan fingerprint density at radius 3 is 2.26 bits per heavy atom. The molecule has 0 saturated heterocycles. The monoisotopic (exact) mass is 452 g/mol. The van der Waals surface area contributed by atoms with Crippen LogP contribution in [0.4, 0.5) is 0 Å². The molecule has 1 aliphatic carbocycles. The van der Waals surface area contributed by atoms with E-state index >= 15 is 0 Å². The molecule has 7 rings (SSSR count). The Morgan fingerprint density at radius 2 is 1.50 bits per heavy atom. The Hall–Kier alpha value is -4.00. The van der Waals surface area contributed by atoms with Gasteiger partial charge in [-0.3, -0.25) is 0 Å². The molecule has 2 aliphatic rings. The van der Waals surface area contributed by atoms with Crippen LogP contribution >= 0.6 is 11.8 Å². The molecule has 160 valence electrons. The van der Waals surface area contributed by atoms with E-state index < -0.39 is 0 Å². The van der Waals surface area contributed by atoms with Crippen LogP contribution in [0.2, 0.25) is 0 Å². The highest BCUT2D eigenvalue weighted by molar-refractivity contribution is 8.00. The van der Waals surface area contributed by atoms with Crippen LogP contribution < -0.4 is 0 Å². The number of allylic oxidation sites excluding steroid dienone is 3. The third kappa shape index (κ3) is 2.83. The van der Waals surface area contributed by atoms with Gasteiger partial charge in [0.2, 0.25) is 0 Å². The van der Waals surface area contributed by atoms with E-state index in [2.05, 4.69) is 114 Å². The Labute approximate surface area is 202 Å². The summed E-state index contributed by atoms with van der Waals surface area (Å²) in [5, 5.41) is 12.2. The number of hydrogen-bond acceptors (Lipinski definition) is 2. The summed E-state index contributed by atoms with van der Waals surface area (Å²) >= 11 is 1.87. The molecule has 0 amide bonds. The first-order chi connectivity index (χ1) is 16.8. The lowest BCUT2D eigenvalue weighted by molar-refractivity contribution is 0.876. The van der Waals surface area contributed by atoms with Gasteiger partial charge in [-0.05, 0) is 41.5 Å². The molecule has 2 atom stereocenters. The fourth-order valence-corrected chi connectivity index (χ4v) is 6.86. The molecule has 0 fully saturated rings. The lowest BCUT2D eigenvalue weighted by atomic mass is 9.89. The molecule has 2 heterocycles. The predicted octanol–water partition coefficient (Wildman–Crippen LogP) is 8.03. The second-order valence-corrected chi connectivity index (χ2v) is 10.1. The average molecular weight is 453 g/mol. The van der Waals surface area contributed by atoms with Gasteiger partial charge >= 0.3 is 0 Å². The third-order valence-electron chi connectivity index (χ3n) is 6.98. The minimum absolute atomic E-state index is 0.303. The van der Waals surface area contributed by atoms with E-state index in [1.54, 1.807) is 0 Å². The van der Waals surface area contributed by atoms with E-state index in [4.69, 9.17) is 0 Å². The van der Waals surface area contributed by atoms with Crippen molar-refractivity contribution < 1.29 is 0 Å². The summed E-state index contributed by atoms with van der Waals surface area (Å²) in [7, 11) is 0. The van der Waals surface area contributed by atoms with Crippen molar-refractivity contribution in [1.29, 1.82) is 5.26 Å². The number of thioether (sulfide) groups is 1. The molecule has 5 aromatic rings. The second kappa shape index (κ2) is 7.52. The maximum atomic E-state index is 9.31. The predicted molar refractivity (Wildman–Crippen MR) is 141 cm³/mol. The summed E-state index contributed by atoms with van der Waals surface area (Å²) in [4.78, 5) is 1.31. The number of para-hydroxylation sites is 3. The highest BCUT2D eigenvalue weighted by Crippen LogP contribution is 2.50. The summed E-state index contributed by atoms with van der Waals surface area (Å²) in [5.74, 6) is 0.346. The van der Waals surface area contributed by atoms with Gasteiger partial charge in [0, 0.05) is 38.0 Å². The van der Waals surface area contributed by atoms with E-state index in [1.807, 2.05) is 17.8 Å². The van der Waals surface area contributed by atoms with Gasteiger partial charge in [-0.2, -0.15) is 5.26 Å². The second-order valence-electron chi connectivity index (χ2n) is 8.84. The van der Waals surface area contributed by atoms with Crippen molar-refractivity contribution in [3.8, 4) is 22.9 Å². The largest absolute Gasteiger partial charge is 0.309 e. The van der Waals surface area contributed by atoms with Crippen molar-refractivity contribution in [1.82, 2.24) is 4.57 Å². The van der Waals surface area contributed by atoms with E-state index in [1.165, 1.54) is 49.1 Å². The first kappa shape index (κ1) is 19.5. The summed E-state index contributed by atoms with van der Waals surface area (Å²) in [6.07, 6.45) is 6.26. The molecule has 2 unspecified atom stereocenters. The Balaban J connectivity index is 1.41. The Morgan fingerprint density at radius 1 is 0.794 bits per heavy atom. The zero-order valence-corrected chi connectivity index (χ0v) is 19.2. The molecule has 0 radical (unpaired) electrons. The summed E-state index contributed by atoms with van der Waals surface area (Å²) in [5.41, 5.74) is 8.18. The van der Waals surface area contributed by atoms with Crippen LogP contribution in [0.15, 0.2) is 120 Å². The molecule has 3 heteroatoms. The van der Waals surface area contributed by atoms with Gasteiger partial charge in [0.1, 0.15) is 0 Å². The van der Waals surface area contributed by atoms with Crippen molar-refractivity contribution in [2.24, 2.45) is 0 Å². The lowest BCUT2D eigenvalue weighted by Crippen LogP contribution is -2.08. The van der Waals surface area contributed by atoms with Crippen LogP contribution in [0.3, 0.4) is 0 Å². The smallest absolute Gasteiger partial charge is 0.0988 e. The zero-order valence-electron chi connectivity index (χ0n) is 18.3. The zero-order chi connectivity index (χ0) is 22.6. The molecule has 4 aromatic carbocycles. The maximum absolute atomic E-state index is 9.31. The number of benzene rings is 4. The minimum Gasteiger partial charge on any atom is -0.309 e. The maximum Gasteiger partial charge on any atom is 0.0988 e. The van der Waals surface area contributed by atoms with Crippen LogP contribution in [-0.2, 0) is 0 Å². The highest BCUT2D eigenvalue weighted by atomic mass is 32.2. The molecule has 0 bridgehead atoms. The average Bonchev–Trinajstić information content (AvgIpc) is 3.43. The van der Waals surface area contributed by atoms with Gasteiger partial charge in [-0.15, -0.1) is 11.8 Å². The minimum atomic E-state index is 0.303. The van der Waals surface area contributed by atoms with Crippen molar-refractivity contribution in [3.63, 3.8) is 0 Å². The fraction of sp³-hybridized carbons (Fsp3) is 0.0645. The van der Waals surface area contributed by atoms with E-state index in [-0.39, 0.29) is 0 Å². The van der Waals surface area contributed by atoms with Crippen molar-refractivity contribution >= 4 is 33.6 Å². The molecule has 34 heavy (non-hydrogen) atoms. The number of fused-ring (bicyclic) bond motifs is 6. The molecule has 1 aromatic heterocycles. The molecular weight excluding hydrogens is 432 g/mol. The Bertz CT molecular complexity index is 1660. The molecule has 0 spiro atoms. The van der Waals surface area contributed by atoms with Crippen molar-refractivity contribution in [2.45, 2.75) is 16.1 Å². The molecule has 0 N–H and O–H groups in total. The number of aromatic nitrogens is 1. The first-order valence-corrected chi connectivity index (χ1v) is 12.4. The summed E-state index contributed by atoms with van der Waals surface area (Å²) in [6, 6.07) is 35.1. The number of rotatable bonds is 2. The number of nitrogens with zero attached hydrogens (tertiary/aromatic N) is 2. The molecule has 1 aliphatic heterocycles. The molecular formula is C31H20N2S. The summed E-state index contributed by atoms with van der Waals surface area (Å²) in [6.45, 7) is 0. The molecule has 2 nitrogen and oxygen atoms in total. The number of hydrogen-bond donors (Lipinski definition) is 0. The van der Waals surface area contributed by atoms with Crippen LogP contribution in [0.5, 0.6) is 0 Å². The fourth-order valence-electron chi connectivity index (χ4n) is 5.44. The van der Waals surface area contributed by atoms with E-state index in [0.29, 0.717) is 11.2 Å². The summed E-state index contributed by atoms with van der Waals surface area (Å²) < 4.78 is 2.39. The van der Waals surface area contributed by atoms with Crippen molar-refractivity contribution in [2.75, 3.05) is 0 Å². The number of nitriles is 1. The van der Waals surface area contributed by atoms with Gasteiger partial charge < -0.3 is 4.57 Å². The van der Waals surface area contributed by atoms with E-state index in [0.717, 1.165) is 5.57 Å². The molecule has 0 saturated carbocycles. The Kier molecular flexibility index (Phi) is 4.30. The van der Waals surface area contributed by atoms with Gasteiger partial charge in [0.25, 0.3) is 0 Å². The normalized spacial score (nSPS) is 18.5.